The van der Waals surface area contributed by atoms with Crippen LogP contribution in [0.25, 0.3) is 11.3 Å². The first-order chi connectivity index (χ1) is 20.7. The number of ether oxygens (including phenoxy) is 3. The van der Waals surface area contributed by atoms with Crippen LogP contribution in [0, 0.1) is 11.3 Å². The molecule has 2 aromatic heterocycles. The van der Waals surface area contributed by atoms with E-state index in [2.05, 4.69) is 28.8 Å². The van der Waals surface area contributed by atoms with Crippen molar-refractivity contribution in [1.29, 1.82) is 5.26 Å². The lowest BCUT2D eigenvalue weighted by molar-refractivity contribution is -0.137. The third-order valence-electron chi connectivity index (χ3n) is 7.96. The molecule has 0 spiro atoms. The molecule has 8 nitrogen and oxygen atoms in total. The van der Waals surface area contributed by atoms with Crippen LogP contribution in [0.15, 0.2) is 48.7 Å². The van der Waals surface area contributed by atoms with Gasteiger partial charge in [0, 0.05) is 44.7 Å². The van der Waals surface area contributed by atoms with Crippen LogP contribution < -0.4 is 19.1 Å². The van der Waals surface area contributed by atoms with Crippen LogP contribution in [0.3, 0.4) is 0 Å². The molecule has 5 rings (SSSR count). The maximum absolute atomic E-state index is 13.2. The van der Waals surface area contributed by atoms with Gasteiger partial charge in [0.1, 0.15) is 29.7 Å². The Morgan fingerprint density at radius 2 is 1.84 bits per heavy atom. The van der Waals surface area contributed by atoms with Crippen molar-refractivity contribution in [3.8, 4) is 34.8 Å². The number of hydrogen-bond donors (Lipinski definition) is 0. The molecule has 4 heterocycles. The molecule has 0 unspecified atom stereocenters. The van der Waals surface area contributed by atoms with E-state index >= 15 is 0 Å². The van der Waals surface area contributed by atoms with Crippen LogP contribution in [-0.2, 0) is 6.18 Å². The number of hydrogen-bond acceptors (Lipinski definition) is 8. The summed E-state index contributed by atoms with van der Waals surface area (Å²) in [5.41, 5.74) is 1.39. The molecule has 0 N–H and O–H groups in total. The topological polar surface area (TPSA) is 83.7 Å². The molecule has 3 aromatic rings. The van der Waals surface area contributed by atoms with E-state index in [1.165, 1.54) is 6.07 Å². The molecular formula is C32H36F3N5O3. The fourth-order valence-corrected chi connectivity index (χ4v) is 5.78. The Labute approximate surface area is 250 Å². The predicted octanol–water partition coefficient (Wildman–Crippen LogP) is 6.34. The van der Waals surface area contributed by atoms with Crippen molar-refractivity contribution in [2.45, 2.75) is 64.0 Å². The molecule has 2 aliphatic heterocycles. The van der Waals surface area contributed by atoms with Crippen LogP contribution in [0.5, 0.6) is 17.5 Å². The lowest BCUT2D eigenvalue weighted by Gasteiger charge is -2.41. The minimum atomic E-state index is -4.53. The monoisotopic (exact) mass is 595 g/mol. The maximum Gasteiger partial charge on any atom is 0.416 e. The summed E-state index contributed by atoms with van der Waals surface area (Å²) in [5, 5.41) is 9.50. The van der Waals surface area contributed by atoms with Gasteiger partial charge in [0.25, 0.3) is 0 Å². The summed E-state index contributed by atoms with van der Waals surface area (Å²) in [6, 6.07) is 12.7. The minimum Gasteiger partial charge on any atom is -0.489 e. The highest BCUT2D eigenvalue weighted by atomic mass is 19.4. The summed E-state index contributed by atoms with van der Waals surface area (Å²) in [7, 11) is 2.07. The normalized spacial score (nSPS) is 21.0. The molecule has 43 heavy (non-hydrogen) atoms. The predicted molar refractivity (Wildman–Crippen MR) is 156 cm³/mol. The SMILES string of the molecule is CCOc1ncccc1-c1ccc(N2CC[C@@H](Oc3ccc(C(F)(F)F)cc3C#N)C[C@H]2CC)c(O[C@@H]2CCN(C)C2)n1. The average Bonchev–Trinajstić information content (AvgIpc) is 3.41. The highest BCUT2D eigenvalue weighted by Gasteiger charge is 2.34. The summed E-state index contributed by atoms with van der Waals surface area (Å²) in [6.07, 6.45) is -0.118. The summed E-state index contributed by atoms with van der Waals surface area (Å²) in [6.45, 7) is 6.88. The standard InChI is InChI=1S/C32H36F3N5O3/c1-4-23-18-24(42-29-11-8-22(32(33,34)35)17-21(29)19-36)13-16-40(23)28-10-9-27(26-7-6-14-37-30(26)41-5-2)38-31(28)43-25-12-15-39(3)20-25/h6-11,14,17,23-25H,4-5,12-13,15-16,18,20H2,1-3H3/t23-,24-,25-/m1/s1. The van der Waals surface area contributed by atoms with Gasteiger partial charge < -0.3 is 24.0 Å². The number of benzene rings is 1. The Balaban J connectivity index is 1.40. The van der Waals surface area contributed by atoms with Crippen LogP contribution in [0.2, 0.25) is 0 Å². The molecule has 2 saturated heterocycles. The van der Waals surface area contributed by atoms with Gasteiger partial charge in [-0.25, -0.2) is 9.97 Å². The van der Waals surface area contributed by atoms with E-state index in [0.717, 1.165) is 49.3 Å². The van der Waals surface area contributed by atoms with E-state index in [0.29, 0.717) is 43.4 Å². The van der Waals surface area contributed by atoms with Crippen molar-refractivity contribution in [3.63, 3.8) is 0 Å². The van der Waals surface area contributed by atoms with E-state index in [4.69, 9.17) is 19.2 Å². The molecule has 0 saturated carbocycles. The zero-order valence-corrected chi connectivity index (χ0v) is 24.6. The van der Waals surface area contributed by atoms with Crippen molar-refractivity contribution in [2.75, 3.05) is 38.2 Å². The zero-order chi connectivity index (χ0) is 30.6. The summed E-state index contributed by atoms with van der Waals surface area (Å²) >= 11 is 0. The number of rotatable bonds is 9. The fraction of sp³-hybridized carbons (Fsp3) is 0.469. The van der Waals surface area contributed by atoms with Crippen LogP contribution in [0.4, 0.5) is 18.9 Å². The first kappa shape index (κ1) is 30.4. The van der Waals surface area contributed by atoms with Gasteiger partial charge in [0.2, 0.25) is 11.8 Å². The third kappa shape index (κ3) is 6.96. The molecule has 11 heteroatoms. The summed E-state index contributed by atoms with van der Waals surface area (Å²) < 4.78 is 58.0. The van der Waals surface area contributed by atoms with E-state index in [1.54, 1.807) is 6.20 Å². The average molecular weight is 596 g/mol. The first-order valence-corrected chi connectivity index (χ1v) is 14.7. The number of piperidine rings is 1. The highest BCUT2D eigenvalue weighted by molar-refractivity contribution is 5.69. The molecular weight excluding hydrogens is 559 g/mol. The van der Waals surface area contributed by atoms with E-state index in [-0.39, 0.29) is 29.6 Å². The lowest BCUT2D eigenvalue weighted by atomic mass is 9.96. The van der Waals surface area contributed by atoms with Crippen molar-refractivity contribution >= 4 is 5.69 Å². The van der Waals surface area contributed by atoms with Crippen molar-refractivity contribution in [3.05, 3.63) is 59.8 Å². The Morgan fingerprint density at radius 1 is 1.02 bits per heavy atom. The zero-order valence-electron chi connectivity index (χ0n) is 24.6. The Kier molecular flexibility index (Phi) is 9.25. The molecule has 3 atom stereocenters. The van der Waals surface area contributed by atoms with Gasteiger partial charge in [0.05, 0.1) is 29.0 Å². The second-order valence-electron chi connectivity index (χ2n) is 10.9. The van der Waals surface area contributed by atoms with E-state index in [1.807, 2.05) is 37.3 Å². The molecule has 228 valence electrons. The second kappa shape index (κ2) is 13.1. The van der Waals surface area contributed by atoms with Gasteiger partial charge in [-0.3, -0.25) is 0 Å². The van der Waals surface area contributed by atoms with Gasteiger partial charge in [-0.15, -0.1) is 0 Å². The maximum atomic E-state index is 13.2. The third-order valence-corrected chi connectivity index (χ3v) is 7.96. The van der Waals surface area contributed by atoms with Gasteiger partial charge in [-0.1, -0.05) is 6.92 Å². The number of nitriles is 1. The largest absolute Gasteiger partial charge is 0.489 e. The Morgan fingerprint density at radius 3 is 2.53 bits per heavy atom. The van der Waals surface area contributed by atoms with Crippen LogP contribution >= 0.6 is 0 Å². The van der Waals surface area contributed by atoms with Crippen LogP contribution in [0.1, 0.15) is 50.7 Å². The van der Waals surface area contributed by atoms with Crippen LogP contribution in [-0.4, -0.2) is 66.4 Å². The molecule has 0 amide bonds. The number of alkyl halides is 3. The summed E-state index contributed by atoms with van der Waals surface area (Å²) in [5.74, 6) is 1.24. The quantitative estimate of drug-likeness (QED) is 0.283. The molecule has 0 aliphatic carbocycles. The number of likely N-dealkylation sites (tertiary alicyclic amines) is 1. The number of pyridine rings is 2. The molecule has 0 bridgehead atoms. The summed E-state index contributed by atoms with van der Waals surface area (Å²) in [4.78, 5) is 13.9. The van der Waals surface area contributed by atoms with Crippen molar-refractivity contribution < 1.29 is 27.4 Å². The first-order valence-electron chi connectivity index (χ1n) is 14.7. The molecule has 2 fully saturated rings. The number of halogens is 3. The van der Waals surface area contributed by atoms with E-state index in [9.17, 15) is 18.4 Å². The molecule has 2 aliphatic rings. The van der Waals surface area contributed by atoms with Crippen molar-refractivity contribution in [1.82, 2.24) is 14.9 Å². The van der Waals surface area contributed by atoms with Gasteiger partial charge in [-0.2, -0.15) is 18.4 Å². The molecule has 0 radical (unpaired) electrons. The highest BCUT2D eigenvalue weighted by Crippen LogP contribution is 2.39. The van der Waals surface area contributed by atoms with Gasteiger partial charge >= 0.3 is 6.18 Å². The smallest absolute Gasteiger partial charge is 0.416 e. The van der Waals surface area contributed by atoms with Crippen molar-refractivity contribution in [2.24, 2.45) is 0 Å². The van der Waals surface area contributed by atoms with E-state index < -0.39 is 11.7 Å². The number of anilines is 1. The minimum absolute atomic E-state index is 0.0109. The lowest BCUT2D eigenvalue weighted by Crippen LogP contribution is -2.46. The Bertz CT molecular complexity index is 1460. The fourth-order valence-electron chi connectivity index (χ4n) is 5.78. The molecule has 1 aromatic carbocycles. The van der Waals surface area contributed by atoms with Gasteiger partial charge in [0.15, 0.2) is 0 Å². The number of nitrogens with zero attached hydrogens (tertiary/aromatic N) is 5. The second-order valence-corrected chi connectivity index (χ2v) is 10.9. The number of likely N-dealkylation sites (N-methyl/N-ethyl adjacent to an activating group) is 1. The van der Waals surface area contributed by atoms with Gasteiger partial charge in [-0.05, 0) is 69.3 Å². The number of aromatic nitrogens is 2. The Hall–Kier alpha value is -4.04.